The third-order valence-electron chi connectivity index (χ3n) is 1.96. The Morgan fingerprint density at radius 2 is 2.20 bits per heavy atom. The molecule has 78 valence electrons. The van der Waals surface area contributed by atoms with E-state index in [0.29, 0.717) is 11.6 Å². The molecule has 2 heterocycles. The molecule has 6 nitrogen and oxygen atoms in total. The van der Waals surface area contributed by atoms with Gasteiger partial charge in [-0.05, 0) is 6.92 Å². The standard InChI is InChI=1S/C9H12N6/c1-6-7(4-15(2)14-6)13-9-3-8(10)11-5-12-9/h3-5H,1-2H3,(H3,10,11,12,13). The van der Waals surface area contributed by atoms with E-state index in [4.69, 9.17) is 5.73 Å². The number of nitrogens with zero attached hydrogens (tertiary/aromatic N) is 4. The summed E-state index contributed by atoms with van der Waals surface area (Å²) in [6.07, 6.45) is 3.30. The van der Waals surface area contributed by atoms with E-state index >= 15 is 0 Å². The number of nitrogens with one attached hydrogen (secondary N) is 1. The fourth-order valence-electron chi connectivity index (χ4n) is 1.30. The van der Waals surface area contributed by atoms with Crippen molar-refractivity contribution in [2.45, 2.75) is 6.92 Å². The van der Waals surface area contributed by atoms with Crippen LogP contribution in [0.4, 0.5) is 17.3 Å². The maximum Gasteiger partial charge on any atom is 0.135 e. The van der Waals surface area contributed by atoms with Crippen molar-refractivity contribution in [3.63, 3.8) is 0 Å². The van der Waals surface area contributed by atoms with Crippen LogP contribution in [0.3, 0.4) is 0 Å². The number of rotatable bonds is 2. The molecule has 6 heteroatoms. The van der Waals surface area contributed by atoms with Gasteiger partial charge in [-0.3, -0.25) is 4.68 Å². The minimum absolute atomic E-state index is 0.439. The molecule has 0 fully saturated rings. The molecular weight excluding hydrogens is 192 g/mol. The van der Waals surface area contributed by atoms with E-state index in [1.54, 1.807) is 10.7 Å². The highest BCUT2D eigenvalue weighted by molar-refractivity contribution is 5.59. The number of hydrogen-bond donors (Lipinski definition) is 2. The van der Waals surface area contributed by atoms with Gasteiger partial charge in [-0.2, -0.15) is 5.10 Å². The van der Waals surface area contributed by atoms with Crippen LogP contribution in [-0.4, -0.2) is 19.7 Å². The molecular formula is C9H12N6. The van der Waals surface area contributed by atoms with E-state index in [1.807, 2.05) is 20.2 Å². The first kappa shape index (κ1) is 9.45. The van der Waals surface area contributed by atoms with Gasteiger partial charge in [0.2, 0.25) is 0 Å². The molecule has 2 aromatic rings. The smallest absolute Gasteiger partial charge is 0.135 e. The van der Waals surface area contributed by atoms with Crippen LogP contribution in [0, 0.1) is 6.92 Å². The Bertz CT molecular complexity index is 475. The molecule has 0 aliphatic rings. The molecule has 0 saturated carbocycles. The van der Waals surface area contributed by atoms with Crippen LogP contribution >= 0.6 is 0 Å². The summed E-state index contributed by atoms with van der Waals surface area (Å²) in [4.78, 5) is 7.86. The Labute approximate surface area is 87.2 Å². The summed E-state index contributed by atoms with van der Waals surface area (Å²) in [6, 6.07) is 1.67. The molecule has 2 aromatic heterocycles. The molecule has 2 rings (SSSR count). The molecule has 3 N–H and O–H groups in total. The van der Waals surface area contributed by atoms with Crippen molar-refractivity contribution in [3.8, 4) is 0 Å². The molecule has 0 atom stereocenters. The minimum Gasteiger partial charge on any atom is -0.384 e. The van der Waals surface area contributed by atoms with Crippen molar-refractivity contribution in [2.75, 3.05) is 11.1 Å². The first-order chi connectivity index (χ1) is 7.15. The number of nitrogens with two attached hydrogens (primary N) is 1. The lowest BCUT2D eigenvalue weighted by atomic mass is 10.4. The zero-order valence-corrected chi connectivity index (χ0v) is 8.60. The lowest BCUT2D eigenvalue weighted by Gasteiger charge is -2.02. The van der Waals surface area contributed by atoms with Crippen LogP contribution < -0.4 is 11.1 Å². The van der Waals surface area contributed by atoms with Crippen molar-refractivity contribution in [3.05, 3.63) is 24.3 Å². The summed E-state index contributed by atoms with van der Waals surface area (Å²) in [7, 11) is 1.87. The molecule has 0 radical (unpaired) electrons. The van der Waals surface area contributed by atoms with Crippen molar-refractivity contribution in [2.24, 2.45) is 7.05 Å². The molecule has 0 unspecified atom stereocenters. The highest BCUT2D eigenvalue weighted by atomic mass is 15.3. The van der Waals surface area contributed by atoms with E-state index in [0.717, 1.165) is 11.4 Å². The van der Waals surface area contributed by atoms with Crippen molar-refractivity contribution < 1.29 is 0 Å². The SMILES string of the molecule is Cc1nn(C)cc1Nc1cc(N)ncn1. The highest BCUT2D eigenvalue weighted by Crippen LogP contribution is 2.17. The van der Waals surface area contributed by atoms with Crippen LogP contribution in [0.1, 0.15) is 5.69 Å². The lowest BCUT2D eigenvalue weighted by molar-refractivity contribution is 0.756. The Morgan fingerprint density at radius 3 is 2.80 bits per heavy atom. The van der Waals surface area contributed by atoms with Gasteiger partial charge in [-0.25, -0.2) is 9.97 Å². The fraction of sp³-hybridized carbons (Fsp3) is 0.222. The molecule has 0 aliphatic heterocycles. The van der Waals surface area contributed by atoms with E-state index in [2.05, 4.69) is 20.4 Å². The van der Waals surface area contributed by atoms with Gasteiger partial charge in [0.25, 0.3) is 0 Å². The Balaban J connectivity index is 2.25. The topological polar surface area (TPSA) is 81.7 Å². The third kappa shape index (κ3) is 2.04. The summed E-state index contributed by atoms with van der Waals surface area (Å²) < 4.78 is 1.74. The number of aromatic nitrogens is 4. The second-order valence-corrected chi connectivity index (χ2v) is 3.25. The Morgan fingerprint density at radius 1 is 1.40 bits per heavy atom. The van der Waals surface area contributed by atoms with Gasteiger partial charge in [-0.1, -0.05) is 0 Å². The number of nitrogen functional groups attached to an aromatic ring is 1. The normalized spacial score (nSPS) is 10.3. The van der Waals surface area contributed by atoms with Gasteiger partial charge in [0, 0.05) is 19.3 Å². The zero-order valence-electron chi connectivity index (χ0n) is 8.60. The van der Waals surface area contributed by atoms with E-state index < -0.39 is 0 Å². The van der Waals surface area contributed by atoms with Gasteiger partial charge >= 0.3 is 0 Å². The lowest BCUT2D eigenvalue weighted by Crippen LogP contribution is -1.97. The Hall–Kier alpha value is -2.11. The van der Waals surface area contributed by atoms with Crippen molar-refractivity contribution in [1.29, 1.82) is 0 Å². The molecule has 0 amide bonds. The molecule has 0 saturated heterocycles. The van der Waals surface area contributed by atoms with E-state index in [9.17, 15) is 0 Å². The van der Waals surface area contributed by atoms with Crippen LogP contribution in [0.2, 0.25) is 0 Å². The number of hydrogen-bond acceptors (Lipinski definition) is 5. The molecule has 0 spiro atoms. The Kier molecular flexibility index (Phi) is 2.24. The third-order valence-corrected chi connectivity index (χ3v) is 1.96. The second kappa shape index (κ2) is 3.56. The van der Waals surface area contributed by atoms with Crippen molar-refractivity contribution in [1.82, 2.24) is 19.7 Å². The largest absolute Gasteiger partial charge is 0.384 e. The van der Waals surface area contributed by atoms with E-state index in [-0.39, 0.29) is 0 Å². The van der Waals surface area contributed by atoms with Crippen LogP contribution in [-0.2, 0) is 7.05 Å². The summed E-state index contributed by atoms with van der Waals surface area (Å²) in [6.45, 7) is 1.92. The second-order valence-electron chi connectivity index (χ2n) is 3.25. The predicted octanol–water partition coefficient (Wildman–Crippen LogP) is 0.844. The summed E-state index contributed by atoms with van der Waals surface area (Å²) >= 11 is 0. The summed E-state index contributed by atoms with van der Waals surface area (Å²) in [5.74, 6) is 1.10. The summed E-state index contributed by atoms with van der Waals surface area (Å²) in [5.41, 5.74) is 7.37. The first-order valence-corrected chi connectivity index (χ1v) is 4.50. The average molecular weight is 204 g/mol. The number of anilines is 3. The first-order valence-electron chi connectivity index (χ1n) is 4.50. The summed E-state index contributed by atoms with van der Waals surface area (Å²) in [5, 5.41) is 7.33. The predicted molar refractivity (Wildman–Crippen MR) is 57.7 cm³/mol. The van der Waals surface area contributed by atoms with Gasteiger partial charge in [0.05, 0.1) is 11.4 Å². The zero-order chi connectivity index (χ0) is 10.8. The van der Waals surface area contributed by atoms with E-state index in [1.165, 1.54) is 6.33 Å². The quantitative estimate of drug-likeness (QED) is 0.757. The van der Waals surface area contributed by atoms with Crippen molar-refractivity contribution >= 4 is 17.3 Å². The maximum atomic E-state index is 5.54. The van der Waals surface area contributed by atoms with Gasteiger partial charge in [0.15, 0.2) is 0 Å². The van der Waals surface area contributed by atoms with Crippen LogP contribution in [0.15, 0.2) is 18.6 Å². The highest BCUT2D eigenvalue weighted by Gasteiger charge is 2.03. The minimum atomic E-state index is 0.439. The van der Waals surface area contributed by atoms with Gasteiger partial charge in [0.1, 0.15) is 18.0 Å². The van der Waals surface area contributed by atoms with Gasteiger partial charge < -0.3 is 11.1 Å². The molecule has 0 bridgehead atoms. The van der Waals surface area contributed by atoms with Crippen LogP contribution in [0.25, 0.3) is 0 Å². The van der Waals surface area contributed by atoms with Gasteiger partial charge in [-0.15, -0.1) is 0 Å². The maximum absolute atomic E-state index is 5.54. The molecule has 15 heavy (non-hydrogen) atoms. The fourth-order valence-corrected chi connectivity index (χ4v) is 1.30. The average Bonchev–Trinajstić information content (AvgIpc) is 2.45. The van der Waals surface area contributed by atoms with Crippen LogP contribution in [0.5, 0.6) is 0 Å². The molecule has 0 aliphatic carbocycles. The monoisotopic (exact) mass is 204 g/mol. The number of aryl methyl sites for hydroxylation is 2. The molecule has 0 aromatic carbocycles.